The van der Waals surface area contributed by atoms with Crippen molar-refractivity contribution in [2.45, 2.75) is 33.2 Å². The van der Waals surface area contributed by atoms with Crippen molar-refractivity contribution in [1.29, 1.82) is 0 Å². The average Bonchev–Trinajstić information content (AvgIpc) is 2.84. The van der Waals surface area contributed by atoms with Crippen LogP contribution in [0.4, 0.5) is 10.1 Å². The molecule has 3 N–H and O–H groups in total. The summed E-state index contributed by atoms with van der Waals surface area (Å²) in [5, 5.41) is 6.71. The topological polar surface area (TPSA) is 72.9 Å². The molecule has 0 fully saturated rings. The lowest BCUT2D eigenvalue weighted by molar-refractivity contribution is -0.117. The Morgan fingerprint density at radius 1 is 1.45 bits per heavy atom. The number of nitrogens with two attached hydrogens (primary N) is 1. The van der Waals surface area contributed by atoms with Gasteiger partial charge in [-0.15, -0.1) is 0 Å². The number of benzene rings is 1. The quantitative estimate of drug-likeness (QED) is 0.892. The van der Waals surface area contributed by atoms with Gasteiger partial charge in [0.25, 0.3) is 0 Å². The molecule has 118 valence electrons. The van der Waals surface area contributed by atoms with E-state index in [1.165, 1.54) is 10.7 Å². The molecule has 0 bridgehead atoms. The van der Waals surface area contributed by atoms with Crippen LogP contribution in [0.15, 0.2) is 30.6 Å². The minimum atomic E-state index is -0.600. The number of rotatable bonds is 5. The first-order valence-corrected chi connectivity index (χ1v) is 7.24. The smallest absolute Gasteiger partial charge is 0.241 e. The van der Waals surface area contributed by atoms with Gasteiger partial charge < -0.3 is 11.1 Å². The Morgan fingerprint density at radius 2 is 2.18 bits per heavy atom. The summed E-state index contributed by atoms with van der Waals surface area (Å²) in [6.45, 7) is 5.87. The highest BCUT2D eigenvalue weighted by Gasteiger charge is 2.16. The van der Waals surface area contributed by atoms with Crippen molar-refractivity contribution in [1.82, 2.24) is 9.78 Å². The van der Waals surface area contributed by atoms with Crippen LogP contribution in [0.25, 0.3) is 5.69 Å². The van der Waals surface area contributed by atoms with Gasteiger partial charge in [0.1, 0.15) is 5.69 Å². The molecule has 22 heavy (non-hydrogen) atoms. The van der Waals surface area contributed by atoms with Gasteiger partial charge in [0.15, 0.2) is 5.82 Å². The predicted molar refractivity (Wildman–Crippen MR) is 84.3 cm³/mol. The fraction of sp³-hybridized carbons (Fsp3) is 0.375. The number of amides is 1. The van der Waals surface area contributed by atoms with Gasteiger partial charge in [0, 0.05) is 11.9 Å². The van der Waals surface area contributed by atoms with Crippen LogP contribution in [0, 0.1) is 18.7 Å². The van der Waals surface area contributed by atoms with E-state index in [1.807, 2.05) is 20.8 Å². The Morgan fingerprint density at radius 3 is 2.73 bits per heavy atom. The lowest BCUT2D eigenvalue weighted by Gasteiger charge is -2.14. The number of nitrogens with zero attached hydrogens (tertiary/aromatic N) is 2. The average molecular weight is 304 g/mol. The monoisotopic (exact) mass is 304 g/mol. The SMILES string of the molecule is Cc1cnn(-c2ccc(NC(=O)[C@@H](N)CC(C)C)cc2F)c1. The summed E-state index contributed by atoms with van der Waals surface area (Å²) in [7, 11) is 0. The van der Waals surface area contributed by atoms with Crippen molar-refractivity contribution in [2.75, 3.05) is 5.32 Å². The molecule has 2 aromatic rings. The molecule has 0 saturated carbocycles. The van der Waals surface area contributed by atoms with E-state index in [1.54, 1.807) is 24.5 Å². The third kappa shape index (κ3) is 3.92. The van der Waals surface area contributed by atoms with E-state index in [9.17, 15) is 9.18 Å². The summed E-state index contributed by atoms with van der Waals surface area (Å²) < 4.78 is 15.6. The zero-order valence-corrected chi connectivity index (χ0v) is 13.0. The Kier molecular flexibility index (Phi) is 4.92. The number of hydrogen-bond acceptors (Lipinski definition) is 3. The van der Waals surface area contributed by atoms with Crippen LogP contribution in [0.3, 0.4) is 0 Å². The van der Waals surface area contributed by atoms with Crippen molar-refractivity contribution in [3.8, 4) is 5.69 Å². The Balaban J connectivity index is 2.11. The zero-order chi connectivity index (χ0) is 16.3. The number of halogens is 1. The third-order valence-corrected chi connectivity index (χ3v) is 3.24. The van der Waals surface area contributed by atoms with E-state index in [0.717, 1.165) is 5.56 Å². The van der Waals surface area contributed by atoms with E-state index in [0.29, 0.717) is 23.7 Å². The first kappa shape index (κ1) is 16.2. The molecule has 0 radical (unpaired) electrons. The van der Waals surface area contributed by atoms with Gasteiger partial charge in [0.2, 0.25) is 5.91 Å². The van der Waals surface area contributed by atoms with Crippen LogP contribution in [0.1, 0.15) is 25.8 Å². The van der Waals surface area contributed by atoms with Crippen LogP contribution in [-0.4, -0.2) is 21.7 Å². The summed E-state index contributed by atoms with van der Waals surface area (Å²) in [6, 6.07) is 3.88. The van der Waals surface area contributed by atoms with Crippen molar-refractivity contribution in [3.05, 3.63) is 42.0 Å². The number of hydrogen-bond donors (Lipinski definition) is 2. The Bertz CT molecular complexity index is 666. The molecule has 1 aromatic heterocycles. The molecule has 0 aliphatic heterocycles. The molecule has 0 unspecified atom stereocenters. The minimum Gasteiger partial charge on any atom is -0.325 e. The van der Waals surface area contributed by atoms with Crippen molar-refractivity contribution in [2.24, 2.45) is 11.7 Å². The van der Waals surface area contributed by atoms with Crippen molar-refractivity contribution in [3.63, 3.8) is 0 Å². The van der Waals surface area contributed by atoms with Gasteiger partial charge >= 0.3 is 0 Å². The molecule has 0 saturated heterocycles. The summed E-state index contributed by atoms with van der Waals surface area (Å²) in [5.41, 5.74) is 7.46. The van der Waals surface area contributed by atoms with Gasteiger partial charge in [-0.2, -0.15) is 5.10 Å². The van der Waals surface area contributed by atoms with Crippen LogP contribution >= 0.6 is 0 Å². The van der Waals surface area contributed by atoms with E-state index in [4.69, 9.17) is 5.73 Å². The number of nitrogens with one attached hydrogen (secondary N) is 1. The highest BCUT2D eigenvalue weighted by atomic mass is 19.1. The fourth-order valence-corrected chi connectivity index (χ4v) is 2.16. The second-order valence-electron chi connectivity index (χ2n) is 5.85. The zero-order valence-electron chi connectivity index (χ0n) is 13.0. The standard InChI is InChI=1S/C16H21FN4O/c1-10(2)6-14(18)16(22)20-12-4-5-15(13(17)7-12)21-9-11(3)8-19-21/h4-5,7-10,14H,6,18H2,1-3H3,(H,20,22)/t14-/m0/s1. The molecule has 1 amide bonds. The highest BCUT2D eigenvalue weighted by Crippen LogP contribution is 2.18. The lowest BCUT2D eigenvalue weighted by Crippen LogP contribution is -2.36. The molecule has 1 atom stereocenters. The van der Waals surface area contributed by atoms with Gasteiger partial charge in [-0.3, -0.25) is 4.79 Å². The van der Waals surface area contributed by atoms with Gasteiger partial charge in [-0.05, 0) is 43.0 Å². The number of anilines is 1. The maximum atomic E-state index is 14.2. The number of carbonyl (C=O) groups excluding carboxylic acids is 1. The number of carbonyl (C=O) groups is 1. The third-order valence-electron chi connectivity index (χ3n) is 3.24. The molecule has 0 aliphatic rings. The molecule has 0 aliphatic carbocycles. The lowest BCUT2D eigenvalue weighted by atomic mass is 10.0. The van der Waals surface area contributed by atoms with Crippen LogP contribution in [0.2, 0.25) is 0 Å². The summed E-state index contributed by atoms with van der Waals surface area (Å²) in [6.07, 6.45) is 3.97. The molecule has 5 nitrogen and oxygen atoms in total. The maximum Gasteiger partial charge on any atom is 0.241 e. The largest absolute Gasteiger partial charge is 0.325 e. The van der Waals surface area contributed by atoms with Gasteiger partial charge in [0.05, 0.1) is 12.2 Å². The molecule has 6 heteroatoms. The first-order chi connectivity index (χ1) is 10.4. The van der Waals surface area contributed by atoms with Crippen molar-refractivity contribution >= 4 is 11.6 Å². The Hall–Kier alpha value is -2.21. The molecular weight excluding hydrogens is 283 g/mol. The second kappa shape index (κ2) is 6.70. The Labute approximate surface area is 129 Å². The number of aromatic nitrogens is 2. The second-order valence-corrected chi connectivity index (χ2v) is 5.85. The molecule has 0 spiro atoms. The summed E-state index contributed by atoms with van der Waals surface area (Å²) in [5.74, 6) is -0.447. The van der Waals surface area contributed by atoms with Gasteiger partial charge in [-0.1, -0.05) is 13.8 Å². The molecular formula is C16H21FN4O. The van der Waals surface area contributed by atoms with Crippen LogP contribution in [-0.2, 0) is 4.79 Å². The van der Waals surface area contributed by atoms with Crippen molar-refractivity contribution < 1.29 is 9.18 Å². The summed E-state index contributed by atoms with van der Waals surface area (Å²) in [4.78, 5) is 11.9. The van der Waals surface area contributed by atoms with Crippen LogP contribution < -0.4 is 11.1 Å². The minimum absolute atomic E-state index is 0.309. The number of aryl methyl sites for hydroxylation is 1. The van der Waals surface area contributed by atoms with Gasteiger partial charge in [-0.25, -0.2) is 9.07 Å². The molecule has 1 aromatic carbocycles. The molecule has 2 rings (SSSR count). The molecule has 1 heterocycles. The maximum absolute atomic E-state index is 14.2. The fourth-order valence-electron chi connectivity index (χ4n) is 2.16. The predicted octanol–water partition coefficient (Wildman–Crippen LogP) is 2.63. The van der Waals surface area contributed by atoms with E-state index in [-0.39, 0.29) is 5.91 Å². The first-order valence-electron chi connectivity index (χ1n) is 7.24. The van der Waals surface area contributed by atoms with E-state index in [2.05, 4.69) is 10.4 Å². The van der Waals surface area contributed by atoms with E-state index < -0.39 is 11.9 Å². The van der Waals surface area contributed by atoms with Crippen LogP contribution in [0.5, 0.6) is 0 Å². The van der Waals surface area contributed by atoms with E-state index >= 15 is 0 Å². The normalized spacial score (nSPS) is 12.5. The summed E-state index contributed by atoms with van der Waals surface area (Å²) >= 11 is 0. The highest BCUT2D eigenvalue weighted by molar-refractivity contribution is 5.94.